The number of hydrogen-bond donors (Lipinski definition) is 1. The molecule has 5 nitrogen and oxygen atoms in total. The minimum Gasteiger partial charge on any atom is -0.497 e. The zero-order valence-electron chi connectivity index (χ0n) is 16.9. The predicted molar refractivity (Wildman–Crippen MR) is 111 cm³/mol. The van der Waals surface area contributed by atoms with Crippen LogP contribution in [-0.4, -0.2) is 19.2 Å². The molecule has 2 aliphatic heterocycles. The van der Waals surface area contributed by atoms with Gasteiger partial charge >= 0.3 is 0 Å². The SMILES string of the molecule is COc1ccc(C2=CC3c4cc(OC)ccc4OC(c4ccc(F)c(F)c4)N3N2)cc1. The van der Waals surface area contributed by atoms with Crippen LogP contribution in [0.5, 0.6) is 17.2 Å². The van der Waals surface area contributed by atoms with Crippen LogP contribution in [0.2, 0.25) is 0 Å². The van der Waals surface area contributed by atoms with E-state index in [1.54, 1.807) is 14.2 Å². The number of hydrogen-bond acceptors (Lipinski definition) is 5. The van der Waals surface area contributed by atoms with E-state index in [0.717, 1.165) is 28.6 Å². The molecule has 31 heavy (non-hydrogen) atoms. The Balaban J connectivity index is 1.58. The van der Waals surface area contributed by atoms with Gasteiger partial charge in [-0.1, -0.05) is 6.07 Å². The van der Waals surface area contributed by atoms with Crippen LogP contribution in [0.3, 0.4) is 0 Å². The van der Waals surface area contributed by atoms with E-state index in [4.69, 9.17) is 14.2 Å². The van der Waals surface area contributed by atoms with Crippen molar-refractivity contribution in [3.8, 4) is 17.2 Å². The maximum Gasteiger partial charge on any atom is 0.196 e. The lowest BCUT2D eigenvalue weighted by Crippen LogP contribution is -2.43. The summed E-state index contributed by atoms with van der Waals surface area (Å²) in [6.07, 6.45) is 1.42. The van der Waals surface area contributed by atoms with Gasteiger partial charge in [0, 0.05) is 11.1 Å². The van der Waals surface area contributed by atoms with E-state index in [1.807, 2.05) is 47.5 Å². The third kappa shape index (κ3) is 3.37. The highest BCUT2D eigenvalue weighted by atomic mass is 19.2. The first-order valence-electron chi connectivity index (χ1n) is 9.78. The number of ether oxygens (including phenoxy) is 3. The van der Waals surface area contributed by atoms with E-state index in [-0.39, 0.29) is 6.04 Å². The molecule has 0 amide bonds. The highest BCUT2D eigenvalue weighted by molar-refractivity contribution is 5.68. The molecular weight excluding hydrogens is 402 g/mol. The number of nitrogens with one attached hydrogen (secondary N) is 1. The summed E-state index contributed by atoms with van der Waals surface area (Å²) >= 11 is 0. The Kier molecular flexibility index (Phi) is 4.75. The second kappa shape index (κ2) is 7.59. The van der Waals surface area contributed by atoms with E-state index in [1.165, 1.54) is 12.1 Å². The number of rotatable bonds is 4. The van der Waals surface area contributed by atoms with Crippen LogP contribution < -0.4 is 19.6 Å². The Labute approximate surface area is 178 Å². The lowest BCUT2D eigenvalue weighted by molar-refractivity contribution is -0.0329. The quantitative estimate of drug-likeness (QED) is 0.643. The van der Waals surface area contributed by atoms with Gasteiger partial charge in [-0.3, -0.25) is 0 Å². The Morgan fingerprint density at radius 1 is 0.871 bits per heavy atom. The molecule has 0 aromatic heterocycles. The molecule has 0 aliphatic carbocycles. The van der Waals surface area contributed by atoms with Gasteiger partial charge in [0.1, 0.15) is 17.2 Å². The number of halogens is 2. The molecule has 0 spiro atoms. The van der Waals surface area contributed by atoms with Gasteiger partial charge in [-0.15, -0.1) is 0 Å². The van der Waals surface area contributed by atoms with Crippen LogP contribution in [0.25, 0.3) is 5.70 Å². The molecule has 2 heterocycles. The molecule has 7 heteroatoms. The molecule has 3 aromatic rings. The van der Waals surface area contributed by atoms with Gasteiger partial charge in [-0.05, 0) is 66.2 Å². The summed E-state index contributed by atoms with van der Waals surface area (Å²) in [6.45, 7) is 0. The van der Waals surface area contributed by atoms with Crippen LogP contribution in [0.1, 0.15) is 29.0 Å². The van der Waals surface area contributed by atoms with Crippen molar-refractivity contribution in [2.45, 2.75) is 12.3 Å². The molecule has 2 atom stereocenters. The third-order valence-corrected chi connectivity index (χ3v) is 5.53. The van der Waals surface area contributed by atoms with Crippen molar-refractivity contribution >= 4 is 5.70 Å². The fourth-order valence-corrected chi connectivity index (χ4v) is 3.92. The van der Waals surface area contributed by atoms with Gasteiger partial charge in [0.2, 0.25) is 0 Å². The van der Waals surface area contributed by atoms with E-state index in [0.29, 0.717) is 17.1 Å². The van der Waals surface area contributed by atoms with E-state index in [9.17, 15) is 8.78 Å². The van der Waals surface area contributed by atoms with Crippen LogP contribution in [0.4, 0.5) is 8.78 Å². The van der Waals surface area contributed by atoms with Crippen molar-refractivity contribution in [1.82, 2.24) is 10.4 Å². The second-order valence-electron chi connectivity index (χ2n) is 7.32. The Morgan fingerprint density at radius 3 is 2.32 bits per heavy atom. The summed E-state index contributed by atoms with van der Waals surface area (Å²) < 4.78 is 44.3. The van der Waals surface area contributed by atoms with Gasteiger partial charge in [-0.25, -0.2) is 8.78 Å². The highest BCUT2D eigenvalue weighted by Gasteiger charge is 2.40. The molecule has 0 saturated carbocycles. The Hall–Kier alpha value is -3.58. The molecule has 0 bridgehead atoms. The first kappa shape index (κ1) is 19.4. The molecule has 1 N–H and O–H groups in total. The van der Waals surface area contributed by atoms with Crippen LogP contribution in [-0.2, 0) is 0 Å². The van der Waals surface area contributed by atoms with E-state index < -0.39 is 17.9 Å². The fourth-order valence-electron chi connectivity index (χ4n) is 3.92. The van der Waals surface area contributed by atoms with Crippen LogP contribution in [0, 0.1) is 11.6 Å². The Morgan fingerprint density at radius 2 is 1.61 bits per heavy atom. The van der Waals surface area contributed by atoms with Gasteiger partial charge in [-0.2, -0.15) is 5.01 Å². The summed E-state index contributed by atoms with van der Waals surface area (Å²) in [7, 11) is 3.23. The molecule has 5 rings (SSSR count). The maximum atomic E-state index is 14.0. The normalized spacial score (nSPS) is 19.5. The predicted octanol–water partition coefficient (Wildman–Crippen LogP) is 4.98. The molecule has 0 saturated heterocycles. The lowest BCUT2D eigenvalue weighted by Gasteiger charge is -2.39. The average molecular weight is 422 g/mol. The van der Waals surface area contributed by atoms with E-state index >= 15 is 0 Å². The molecule has 2 unspecified atom stereocenters. The van der Waals surface area contributed by atoms with Crippen molar-refractivity contribution < 1.29 is 23.0 Å². The molecule has 3 aromatic carbocycles. The third-order valence-electron chi connectivity index (χ3n) is 5.53. The van der Waals surface area contributed by atoms with Crippen molar-refractivity contribution in [2.24, 2.45) is 0 Å². The number of methoxy groups -OCH3 is 2. The minimum absolute atomic E-state index is 0.200. The second-order valence-corrected chi connectivity index (χ2v) is 7.32. The van der Waals surface area contributed by atoms with Crippen molar-refractivity contribution in [2.75, 3.05) is 14.2 Å². The average Bonchev–Trinajstić information content (AvgIpc) is 3.26. The maximum absolute atomic E-state index is 14.0. The monoisotopic (exact) mass is 422 g/mol. The number of hydrazine groups is 1. The molecule has 0 fully saturated rings. The van der Waals surface area contributed by atoms with E-state index in [2.05, 4.69) is 11.5 Å². The standard InChI is InChI=1S/C24H20F2N2O3/c1-29-16-6-3-14(4-7-16)21-13-22-18-12-17(30-2)8-10-23(18)31-24(28(22)27-21)15-5-9-19(25)20(26)11-15/h3-13,22,24,27H,1-2H3. The van der Waals surface area contributed by atoms with Crippen molar-refractivity contribution in [3.05, 3.63) is 95.1 Å². The molecule has 2 aliphatic rings. The summed E-state index contributed by atoms with van der Waals surface area (Å²) in [5.74, 6) is 0.317. The lowest BCUT2D eigenvalue weighted by atomic mass is 10.00. The number of nitrogens with zero attached hydrogens (tertiary/aromatic N) is 1. The van der Waals surface area contributed by atoms with Gasteiger partial charge in [0.25, 0.3) is 0 Å². The van der Waals surface area contributed by atoms with Crippen molar-refractivity contribution in [3.63, 3.8) is 0 Å². The smallest absolute Gasteiger partial charge is 0.196 e. The van der Waals surface area contributed by atoms with Crippen LogP contribution >= 0.6 is 0 Å². The number of fused-ring (bicyclic) bond motifs is 3. The first-order chi connectivity index (χ1) is 15.1. The topological polar surface area (TPSA) is 43.0 Å². The van der Waals surface area contributed by atoms with Gasteiger partial charge in [0.15, 0.2) is 17.9 Å². The largest absolute Gasteiger partial charge is 0.497 e. The van der Waals surface area contributed by atoms with Crippen molar-refractivity contribution in [1.29, 1.82) is 0 Å². The highest BCUT2D eigenvalue weighted by Crippen LogP contribution is 2.47. The van der Waals surface area contributed by atoms with Crippen LogP contribution in [0.15, 0.2) is 66.7 Å². The number of benzene rings is 3. The summed E-state index contributed by atoms with van der Waals surface area (Å²) in [5, 5.41) is 1.88. The summed E-state index contributed by atoms with van der Waals surface area (Å²) in [4.78, 5) is 0. The van der Waals surface area contributed by atoms with Gasteiger partial charge < -0.3 is 19.6 Å². The summed E-state index contributed by atoms with van der Waals surface area (Å²) in [5.41, 5.74) is 6.63. The molecule has 0 radical (unpaired) electrons. The zero-order valence-corrected chi connectivity index (χ0v) is 16.9. The zero-order chi connectivity index (χ0) is 21.5. The summed E-state index contributed by atoms with van der Waals surface area (Å²) in [6, 6.07) is 16.8. The Bertz CT molecular complexity index is 1160. The van der Waals surface area contributed by atoms with Gasteiger partial charge in [0.05, 0.1) is 26.0 Å². The minimum atomic E-state index is -0.916. The molecule has 158 valence electrons. The fraction of sp³-hybridized carbons (Fsp3) is 0.167. The molecular formula is C24H20F2N2O3. The first-order valence-corrected chi connectivity index (χ1v) is 9.78.